The molecule has 0 aromatic carbocycles. The number of hydrogen-bond acceptors (Lipinski definition) is 3. The number of nitrogens with zero attached hydrogens (tertiary/aromatic N) is 1. The average Bonchev–Trinajstić information content (AvgIpc) is 2.76. The first-order valence-electron chi connectivity index (χ1n) is 5.80. The maximum atomic E-state index is 12.4. The van der Waals surface area contributed by atoms with Crippen molar-refractivity contribution in [3.8, 4) is 0 Å². The molecule has 2 rings (SSSR count). The van der Waals surface area contributed by atoms with Crippen molar-refractivity contribution in [1.82, 2.24) is 4.31 Å². The van der Waals surface area contributed by atoms with Crippen LogP contribution >= 0.6 is 0 Å². The van der Waals surface area contributed by atoms with Crippen LogP contribution in [-0.4, -0.2) is 19.8 Å². The minimum Gasteiger partial charge on any atom is -0.468 e. The number of hydrogen-bond donors (Lipinski definition) is 0. The average molecular weight is 277 g/mol. The van der Waals surface area contributed by atoms with Crippen molar-refractivity contribution in [2.24, 2.45) is 0 Å². The van der Waals surface area contributed by atoms with Crippen LogP contribution in [0.15, 0.2) is 63.3 Å². The summed E-state index contributed by atoms with van der Waals surface area (Å²) < 4.78 is 31.2. The molecular formula is C14H15NO3S. The van der Waals surface area contributed by atoms with Crippen LogP contribution in [0.1, 0.15) is 12.7 Å². The van der Waals surface area contributed by atoms with Gasteiger partial charge in [-0.3, -0.25) is 0 Å². The molecule has 0 unspecified atom stereocenters. The van der Waals surface area contributed by atoms with E-state index in [1.165, 1.54) is 23.7 Å². The maximum absolute atomic E-state index is 12.4. The summed E-state index contributed by atoms with van der Waals surface area (Å²) in [5.74, 6) is 0.603. The van der Waals surface area contributed by atoms with Crippen LogP contribution in [0.2, 0.25) is 0 Å². The van der Waals surface area contributed by atoms with Crippen molar-refractivity contribution in [3.05, 3.63) is 64.7 Å². The Bertz CT molecular complexity index is 672. The van der Waals surface area contributed by atoms with Crippen molar-refractivity contribution in [3.63, 3.8) is 0 Å². The lowest BCUT2D eigenvalue weighted by Gasteiger charge is -2.15. The predicted octanol–water partition coefficient (Wildman–Crippen LogP) is 2.60. The summed E-state index contributed by atoms with van der Waals surface area (Å²) in [5.41, 5.74) is 3.80. The standard InChI is InChI=1S/C14H15NO3S/c1-12-5-3-7-14(9-8-12)19(16,17)15(2)11-13-6-4-10-18-13/h4-10H,11H2,1-2H3. The van der Waals surface area contributed by atoms with E-state index in [0.717, 1.165) is 5.57 Å². The van der Waals surface area contributed by atoms with Crippen LogP contribution in [-0.2, 0) is 16.6 Å². The van der Waals surface area contributed by atoms with Gasteiger partial charge in [0.05, 0.1) is 17.7 Å². The van der Waals surface area contributed by atoms with Crippen LogP contribution in [0, 0.1) is 0 Å². The van der Waals surface area contributed by atoms with E-state index in [-0.39, 0.29) is 11.4 Å². The van der Waals surface area contributed by atoms with Crippen LogP contribution in [0.4, 0.5) is 0 Å². The molecule has 0 atom stereocenters. The van der Waals surface area contributed by atoms with E-state index in [2.05, 4.69) is 5.73 Å². The maximum Gasteiger partial charge on any atom is 0.243 e. The molecule has 0 aliphatic heterocycles. The molecule has 19 heavy (non-hydrogen) atoms. The normalized spacial score (nSPS) is 15.3. The summed E-state index contributed by atoms with van der Waals surface area (Å²) in [4.78, 5) is 0.217. The van der Waals surface area contributed by atoms with E-state index in [1.54, 1.807) is 30.4 Å². The Labute approximate surface area is 113 Å². The molecule has 1 aromatic rings. The highest BCUT2D eigenvalue weighted by molar-refractivity contribution is 7.93. The molecule has 0 N–H and O–H groups in total. The zero-order valence-electron chi connectivity index (χ0n) is 10.8. The van der Waals surface area contributed by atoms with Gasteiger partial charge in [0.2, 0.25) is 10.0 Å². The summed E-state index contributed by atoms with van der Waals surface area (Å²) in [5, 5.41) is 0. The van der Waals surface area contributed by atoms with E-state index in [1.807, 2.05) is 6.92 Å². The van der Waals surface area contributed by atoms with E-state index in [0.29, 0.717) is 5.76 Å². The third-order valence-corrected chi connectivity index (χ3v) is 4.51. The van der Waals surface area contributed by atoms with Crippen LogP contribution < -0.4 is 0 Å². The molecule has 1 aromatic heterocycles. The summed E-state index contributed by atoms with van der Waals surface area (Å²) in [6, 6.07) is 3.47. The van der Waals surface area contributed by atoms with Crippen LogP contribution in [0.25, 0.3) is 0 Å². The highest BCUT2D eigenvalue weighted by atomic mass is 32.2. The van der Waals surface area contributed by atoms with Gasteiger partial charge < -0.3 is 4.42 Å². The topological polar surface area (TPSA) is 50.5 Å². The molecule has 4 nitrogen and oxygen atoms in total. The Kier molecular flexibility index (Phi) is 3.90. The number of allylic oxidation sites excluding steroid dienone is 4. The van der Waals surface area contributed by atoms with Gasteiger partial charge in [-0.1, -0.05) is 6.08 Å². The van der Waals surface area contributed by atoms with Gasteiger partial charge in [0.1, 0.15) is 5.76 Å². The van der Waals surface area contributed by atoms with Crippen molar-refractivity contribution < 1.29 is 12.8 Å². The van der Waals surface area contributed by atoms with Gasteiger partial charge in [0.25, 0.3) is 0 Å². The Morgan fingerprint density at radius 1 is 1.32 bits per heavy atom. The molecule has 1 heterocycles. The van der Waals surface area contributed by atoms with Crippen molar-refractivity contribution in [1.29, 1.82) is 0 Å². The fourth-order valence-electron chi connectivity index (χ4n) is 1.61. The van der Waals surface area contributed by atoms with Crippen molar-refractivity contribution in [2.45, 2.75) is 13.5 Å². The number of sulfonamides is 1. The van der Waals surface area contributed by atoms with Gasteiger partial charge in [0, 0.05) is 13.1 Å². The molecule has 5 heteroatoms. The number of furan rings is 1. The molecule has 100 valence electrons. The van der Waals surface area contributed by atoms with Gasteiger partial charge >= 0.3 is 0 Å². The van der Waals surface area contributed by atoms with E-state index >= 15 is 0 Å². The van der Waals surface area contributed by atoms with E-state index in [9.17, 15) is 8.42 Å². The lowest BCUT2D eigenvalue weighted by Crippen LogP contribution is -2.26. The first-order valence-corrected chi connectivity index (χ1v) is 7.24. The van der Waals surface area contributed by atoms with Gasteiger partial charge in [-0.15, -0.1) is 5.73 Å². The zero-order valence-corrected chi connectivity index (χ0v) is 11.6. The Morgan fingerprint density at radius 3 is 2.79 bits per heavy atom. The lowest BCUT2D eigenvalue weighted by molar-refractivity contribution is 0.409. The molecule has 0 saturated heterocycles. The monoisotopic (exact) mass is 277 g/mol. The predicted molar refractivity (Wildman–Crippen MR) is 73.6 cm³/mol. The first-order chi connectivity index (χ1) is 9.00. The molecule has 0 spiro atoms. The second kappa shape index (κ2) is 5.45. The largest absolute Gasteiger partial charge is 0.468 e. The molecule has 1 aliphatic carbocycles. The first kappa shape index (κ1) is 13.6. The van der Waals surface area contributed by atoms with Crippen molar-refractivity contribution in [2.75, 3.05) is 7.05 Å². The number of rotatable bonds is 4. The molecular weight excluding hydrogens is 262 g/mol. The third kappa shape index (κ3) is 3.15. The molecule has 0 fully saturated rings. The van der Waals surface area contributed by atoms with Gasteiger partial charge in [-0.05, 0) is 36.8 Å². The summed E-state index contributed by atoms with van der Waals surface area (Å²) in [7, 11) is -2.01. The van der Waals surface area contributed by atoms with Crippen LogP contribution in [0.3, 0.4) is 0 Å². The molecule has 0 saturated carbocycles. The van der Waals surface area contributed by atoms with Gasteiger partial charge in [-0.25, -0.2) is 8.42 Å². The molecule has 0 amide bonds. The summed E-state index contributed by atoms with van der Waals surface area (Å²) in [6.07, 6.45) is 8.08. The van der Waals surface area contributed by atoms with E-state index in [4.69, 9.17) is 4.42 Å². The minimum absolute atomic E-state index is 0.201. The highest BCUT2D eigenvalue weighted by Crippen LogP contribution is 2.18. The summed E-state index contributed by atoms with van der Waals surface area (Å²) in [6.45, 7) is 2.09. The second-order valence-electron chi connectivity index (χ2n) is 4.28. The second-order valence-corrected chi connectivity index (χ2v) is 6.32. The quantitative estimate of drug-likeness (QED) is 0.795. The van der Waals surface area contributed by atoms with Crippen LogP contribution in [0.5, 0.6) is 0 Å². The highest BCUT2D eigenvalue weighted by Gasteiger charge is 2.22. The van der Waals surface area contributed by atoms with Gasteiger partial charge in [0.15, 0.2) is 0 Å². The minimum atomic E-state index is -3.53. The zero-order chi connectivity index (χ0) is 13.9. The SMILES string of the molecule is CC1=CC=C(S(=O)(=O)N(C)Cc2ccco2)C=C=C1. The Balaban J connectivity index is 2.25. The fraction of sp³-hybridized carbons (Fsp3) is 0.214. The van der Waals surface area contributed by atoms with Crippen molar-refractivity contribution >= 4 is 10.0 Å². The fourth-order valence-corrected chi connectivity index (χ4v) is 2.73. The van der Waals surface area contributed by atoms with E-state index < -0.39 is 10.0 Å². The smallest absolute Gasteiger partial charge is 0.243 e. The summed E-state index contributed by atoms with van der Waals surface area (Å²) >= 11 is 0. The molecule has 1 aliphatic rings. The van der Waals surface area contributed by atoms with Gasteiger partial charge in [-0.2, -0.15) is 4.31 Å². The Hall–Kier alpha value is -1.81. The Morgan fingerprint density at radius 2 is 2.11 bits per heavy atom. The third-order valence-electron chi connectivity index (χ3n) is 2.71. The molecule has 0 bridgehead atoms. The molecule has 0 radical (unpaired) electrons. The lowest BCUT2D eigenvalue weighted by atomic mass is 10.3.